The Morgan fingerprint density at radius 3 is 2.21 bits per heavy atom. The van der Waals surface area contributed by atoms with E-state index in [1.54, 1.807) is 6.07 Å². The summed E-state index contributed by atoms with van der Waals surface area (Å²) in [5.74, 6) is 0. The van der Waals surface area contributed by atoms with Crippen LogP contribution in [-0.2, 0) is 4.74 Å². The van der Waals surface area contributed by atoms with E-state index in [0.717, 1.165) is 18.7 Å². The molecule has 0 aromatic heterocycles. The highest BCUT2D eigenvalue weighted by Gasteiger charge is 2.28. The lowest BCUT2D eigenvalue weighted by atomic mass is 10.0. The third-order valence-electron chi connectivity index (χ3n) is 3.38. The second-order valence-corrected chi connectivity index (χ2v) is 6.04. The molecular formula is C14H20Cl2N2O. The predicted molar refractivity (Wildman–Crippen MR) is 79.8 cm³/mol. The van der Waals surface area contributed by atoms with Crippen LogP contribution in [0.15, 0.2) is 18.2 Å². The number of halogens is 2. The van der Waals surface area contributed by atoms with Gasteiger partial charge in [-0.2, -0.15) is 0 Å². The van der Waals surface area contributed by atoms with Crippen molar-refractivity contribution in [2.24, 2.45) is 5.73 Å². The number of nitrogens with zero attached hydrogens (tertiary/aromatic N) is 1. The van der Waals surface area contributed by atoms with Gasteiger partial charge in [0, 0.05) is 35.7 Å². The molecule has 0 bridgehead atoms. The first-order chi connectivity index (χ1) is 8.99. The van der Waals surface area contributed by atoms with Crippen molar-refractivity contribution < 1.29 is 4.74 Å². The Morgan fingerprint density at radius 2 is 1.74 bits per heavy atom. The van der Waals surface area contributed by atoms with Crippen LogP contribution in [0.4, 0.5) is 0 Å². The van der Waals surface area contributed by atoms with E-state index in [-0.39, 0.29) is 18.2 Å². The maximum absolute atomic E-state index is 6.08. The molecule has 0 saturated carbocycles. The van der Waals surface area contributed by atoms with Gasteiger partial charge in [-0.15, -0.1) is 0 Å². The first-order valence-electron chi connectivity index (χ1n) is 6.55. The lowest BCUT2D eigenvalue weighted by Crippen LogP contribution is -2.48. The minimum absolute atomic E-state index is 0.130. The number of ether oxygens (including phenoxy) is 1. The molecule has 1 aromatic carbocycles. The molecule has 3 atom stereocenters. The van der Waals surface area contributed by atoms with Crippen LogP contribution < -0.4 is 5.73 Å². The van der Waals surface area contributed by atoms with E-state index in [2.05, 4.69) is 18.7 Å². The van der Waals surface area contributed by atoms with Crippen LogP contribution in [0.1, 0.15) is 25.5 Å². The zero-order valence-electron chi connectivity index (χ0n) is 11.3. The second-order valence-electron chi connectivity index (χ2n) is 5.17. The quantitative estimate of drug-likeness (QED) is 0.932. The highest BCUT2D eigenvalue weighted by atomic mass is 35.5. The fraction of sp³-hybridized carbons (Fsp3) is 0.571. The maximum Gasteiger partial charge on any atom is 0.0678 e. The van der Waals surface area contributed by atoms with Gasteiger partial charge in [0.05, 0.1) is 12.2 Å². The summed E-state index contributed by atoms with van der Waals surface area (Å²) in [5, 5.41) is 1.30. The summed E-state index contributed by atoms with van der Waals surface area (Å²) in [7, 11) is 0. The first kappa shape index (κ1) is 15.1. The molecule has 1 aliphatic heterocycles. The lowest BCUT2D eigenvalue weighted by Gasteiger charge is -2.40. The fourth-order valence-corrected chi connectivity index (χ4v) is 3.28. The average molecular weight is 303 g/mol. The molecule has 106 valence electrons. The topological polar surface area (TPSA) is 38.5 Å². The van der Waals surface area contributed by atoms with Gasteiger partial charge in [0.2, 0.25) is 0 Å². The number of rotatable bonds is 3. The smallest absolute Gasteiger partial charge is 0.0678 e. The second kappa shape index (κ2) is 6.42. The SMILES string of the molecule is C[C@@H]1CN(C(CN)c2cc(Cl)cc(Cl)c2)C[C@H](C)O1. The Bertz CT molecular complexity index is 411. The molecule has 0 spiro atoms. The third kappa shape index (κ3) is 3.83. The van der Waals surface area contributed by atoms with Crippen LogP contribution in [0.5, 0.6) is 0 Å². The van der Waals surface area contributed by atoms with E-state index in [1.165, 1.54) is 0 Å². The number of nitrogens with two attached hydrogens (primary N) is 1. The number of morpholine rings is 1. The molecule has 0 amide bonds. The van der Waals surface area contributed by atoms with Crippen LogP contribution in [0, 0.1) is 0 Å². The molecule has 2 rings (SSSR count). The minimum Gasteiger partial charge on any atom is -0.373 e. The van der Waals surface area contributed by atoms with Gasteiger partial charge in [0.15, 0.2) is 0 Å². The van der Waals surface area contributed by atoms with Crippen molar-refractivity contribution in [3.63, 3.8) is 0 Å². The van der Waals surface area contributed by atoms with E-state index in [1.807, 2.05) is 12.1 Å². The third-order valence-corrected chi connectivity index (χ3v) is 3.82. The monoisotopic (exact) mass is 302 g/mol. The van der Waals surface area contributed by atoms with Crippen molar-refractivity contribution in [3.8, 4) is 0 Å². The molecule has 1 saturated heterocycles. The summed E-state index contributed by atoms with van der Waals surface area (Å²) in [6, 6.07) is 5.75. The van der Waals surface area contributed by atoms with Crippen LogP contribution in [0.2, 0.25) is 10.0 Å². The molecule has 5 heteroatoms. The zero-order chi connectivity index (χ0) is 14.0. The molecule has 0 radical (unpaired) electrons. The average Bonchev–Trinajstić information content (AvgIpc) is 2.27. The number of hydrogen-bond donors (Lipinski definition) is 1. The van der Waals surface area contributed by atoms with Crippen molar-refractivity contribution in [1.29, 1.82) is 0 Å². The summed E-state index contributed by atoms with van der Waals surface area (Å²) in [6.45, 7) is 6.45. The minimum atomic E-state index is 0.130. The van der Waals surface area contributed by atoms with Crippen molar-refractivity contribution in [1.82, 2.24) is 4.90 Å². The first-order valence-corrected chi connectivity index (χ1v) is 7.30. The summed E-state index contributed by atoms with van der Waals surface area (Å²) in [5.41, 5.74) is 7.03. The van der Waals surface area contributed by atoms with E-state index < -0.39 is 0 Å². The molecule has 3 nitrogen and oxygen atoms in total. The van der Waals surface area contributed by atoms with Crippen molar-refractivity contribution in [2.45, 2.75) is 32.1 Å². The predicted octanol–water partition coefficient (Wildman–Crippen LogP) is 3.10. The summed E-state index contributed by atoms with van der Waals surface area (Å²) < 4.78 is 5.76. The van der Waals surface area contributed by atoms with Gasteiger partial charge < -0.3 is 10.5 Å². The van der Waals surface area contributed by atoms with Gasteiger partial charge in [-0.1, -0.05) is 23.2 Å². The molecule has 1 unspecified atom stereocenters. The van der Waals surface area contributed by atoms with Crippen LogP contribution in [0.25, 0.3) is 0 Å². The summed E-state index contributed by atoms with van der Waals surface area (Å²) >= 11 is 12.2. The number of benzene rings is 1. The fourth-order valence-electron chi connectivity index (χ4n) is 2.74. The standard InChI is InChI=1S/C14H20Cl2N2O/c1-9-7-18(8-10(2)19-9)14(6-17)11-3-12(15)5-13(16)4-11/h3-5,9-10,14H,6-8,17H2,1-2H3/t9-,10+,14?. The van der Waals surface area contributed by atoms with Gasteiger partial charge in [0.1, 0.15) is 0 Å². The Balaban J connectivity index is 2.23. The van der Waals surface area contributed by atoms with E-state index >= 15 is 0 Å². The van der Waals surface area contributed by atoms with Crippen LogP contribution in [-0.4, -0.2) is 36.7 Å². The lowest BCUT2D eigenvalue weighted by molar-refractivity contribution is -0.0799. The summed E-state index contributed by atoms with van der Waals surface area (Å²) in [6.07, 6.45) is 0.430. The zero-order valence-corrected chi connectivity index (χ0v) is 12.8. The van der Waals surface area contributed by atoms with E-state index in [0.29, 0.717) is 16.6 Å². The van der Waals surface area contributed by atoms with Gasteiger partial charge in [-0.3, -0.25) is 4.90 Å². The van der Waals surface area contributed by atoms with Gasteiger partial charge in [0.25, 0.3) is 0 Å². The Kier molecular flexibility index (Phi) is 5.09. The van der Waals surface area contributed by atoms with Gasteiger partial charge >= 0.3 is 0 Å². The molecule has 1 aromatic rings. The van der Waals surface area contributed by atoms with Gasteiger partial charge in [-0.25, -0.2) is 0 Å². The molecule has 1 aliphatic rings. The molecule has 0 aliphatic carbocycles. The molecule has 1 fully saturated rings. The largest absolute Gasteiger partial charge is 0.373 e. The van der Waals surface area contributed by atoms with Crippen molar-refractivity contribution >= 4 is 23.2 Å². The molecule has 1 heterocycles. The number of hydrogen-bond acceptors (Lipinski definition) is 3. The Labute approximate surface area is 124 Å². The van der Waals surface area contributed by atoms with Gasteiger partial charge in [-0.05, 0) is 37.6 Å². The highest BCUT2D eigenvalue weighted by Crippen LogP contribution is 2.28. The van der Waals surface area contributed by atoms with Crippen LogP contribution >= 0.6 is 23.2 Å². The molecule has 2 N–H and O–H groups in total. The van der Waals surface area contributed by atoms with E-state index in [9.17, 15) is 0 Å². The Hall–Kier alpha value is -0.320. The van der Waals surface area contributed by atoms with Crippen LogP contribution in [0.3, 0.4) is 0 Å². The highest BCUT2D eigenvalue weighted by molar-refractivity contribution is 6.34. The van der Waals surface area contributed by atoms with Crippen molar-refractivity contribution in [3.05, 3.63) is 33.8 Å². The van der Waals surface area contributed by atoms with E-state index in [4.69, 9.17) is 33.7 Å². The molecular weight excluding hydrogens is 283 g/mol. The molecule has 19 heavy (non-hydrogen) atoms. The Morgan fingerprint density at radius 1 is 1.21 bits per heavy atom. The normalized spacial score (nSPS) is 26.4. The maximum atomic E-state index is 6.08. The van der Waals surface area contributed by atoms with Crippen molar-refractivity contribution in [2.75, 3.05) is 19.6 Å². The summed E-state index contributed by atoms with van der Waals surface area (Å²) in [4.78, 5) is 2.35.